The standard InChI is InChI=1S/C17H17Cl2NO4/c1-24-17(23)16(22)12-6-8-20(9-7-12)15(21)5-3-11-2-4-13(18)14(19)10-11/h2-5,10,12H,6-9H2,1H3. The number of Topliss-reactive ketones (excluding diaryl/α,β-unsaturated/α-hetero) is 1. The fraction of sp³-hybridized carbons (Fsp3) is 0.353. The van der Waals surface area contributed by atoms with Crippen LogP contribution in [0.4, 0.5) is 0 Å². The molecule has 0 radical (unpaired) electrons. The van der Waals surface area contributed by atoms with Crippen molar-refractivity contribution < 1.29 is 19.1 Å². The Labute approximate surface area is 150 Å². The third-order valence-corrected chi connectivity index (χ3v) is 4.67. The van der Waals surface area contributed by atoms with Crippen molar-refractivity contribution in [3.63, 3.8) is 0 Å². The van der Waals surface area contributed by atoms with Crippen molar-refractivity contribution in [1.29, 1.82) is 0 Å². The zero-order valence-electron chi connectivity index (χ0n) is 13.1. The van der Waals surface area contributed by atoms with Gasteiger partial charge in [0.2, 0.25) is 11.7 Å². The van der Waals surface area contributed by atoms with Crippen LogP contribution in [-0.4, -0.2) is 42.8 Å². The Morgan fingerprint density at radius 1 is 1.17 bits per heavy atom. The molecule has 1 aliphatic rings. The molecule has 7 heteroatoms. The molecule has 0 bridgehead atoms. The molecule has 0 aromatic heterocycles. The SMILES string of the molecule is COC(=O)C(=O)C1CCN(C(=O)C=Cc2ccc(Cl)c(Cl)c2)CC1. The molecule has 128 valence electrons. The van der Waals surface area contributed by atoms with Gasteiger partial charge in [0, 0.05) is 25.1 Å². The number of hydrogen-bond acceptors (Lipinski definition) is 4. The van der Waals surface area contributed by atoms with E-state index < -0.39 is 11.8 Å². The van der Waals surface area contributed by atoms with Crippen LogP contribution in [-0.2, 0) is 19.1 Å². The maximum atomic E-state index is 12.2. The van der Waals surface area contributed by atoms with Gasteiger partial charge in [-0.05, 0) is 36.6 Å². The van der Waals surface area contributed by atoms with E-state index in [9.17, 15) is 14.4 Å². The van der Waals surface area contributed by atoms with Crippen LogP contribution < -0.4 is 0 Å². The van der Waals surface area contributed by atoms with E-state index in [1.54, 1.807) is 29.2 Å². The van der Waals surface area contributed by atoms with Gasteiger partial charge in [-0.1, -0.05) is 29.3 Å². The quantitative estimate of drug-likeness (QED) is 0.464. The maximum Gasteiger partial charge on any atom is 0.374 e. The number of nitrogens with zero attached hydrogens (tertiary/aromatic N) is 1. The Morgan fingerprint density at radius 3 is 2.42 bits per heavy atom. The Hall–Kier alpha value is -1.85. The fourth-order valence-corrected chi connectivity index (χ4v) is 2.82. The van der Waals surface area contributed by atoms with Crippen molar-refractivity contribution in [2.75, 3.05) is 20.2 Å². The number of halogens is 2. The summed E-state index contributed by atoms with van der Waals surface area (Å²) in [4.78, 5) is 36.9. The molecule has 5 nitrogen and oxygen atoms in total. The summed E-state index contributed by atoms with van der Waals surface area (Å²) in [6.45, 7) is 0.857. The molecule has 1 heterocycles. The second-order valence-corrected chi connectivity index (χ2v) is 6.28. The normalized spacial score (nSPS) is 15.5. The van der Waals surface area contributed by atoms with Crippen molar-refractivity contribution in [2.45, 2.75) is 12.8 Å². The Morgan fingerprint density at radius 2 is 1.83 bits per heavy atom. The number of methoxy groups -OCH3 is 1. The molecular formula is C17H17Cl2NO4. The van der Waals surface area contributed by atoms with Crippen LogP contribution in [0.5, 0.6) is 0 Å². The lowest BCUT2D eigenvalue weighted by Gasteiger charge is -2.30. The van der Waals surface area contributed by atoms with Crippen LogP contribution >= 0.6 is 23.2 Å². The summed E-state index contributed by atoms with van der Waals surface area (Å²) in [5, 5.41) is 0.880. The van der Waals surface area contributed by atoms with E-state index in [0.717, 1.165) is 5.56 Å². The van der Waals surface area contributed by atoms with E-state index in [4.69, 9.17) is 23.2 Å². The summed E-state index contributed by atoms with van der Waals surface area (Å²) in [7, 11) is 1.19. The number of ether oxygens (including phenoxy) is 1. The number of rotatable bonds is 4. The largest absolute Gasteiger partial charge is 0.463 e. The van der Waals surface area contributed by atoms with Crippen LogP contribution in [0, 0.1) is 5.92 Å². The molecule has 0 saturated carbocycles. The number of esters is 1. The lowest BCUT2D eigenvalue weighted by molar-refractivity contribution is -0.154. The first-order valence-electron chi connectivity index (χ1n) is 7.46. The molecule has 0 N–H and O–H groups in total. The zero-order chi connectivity index (χ0) is 17.7. The van der Waals surface area contributed by atoms with E-state index in [0.29, 0.717) is 36.0 Å². The average molecular weight is 370 g/mol. The molecule has 1 amide bonds. The van der Waals surface area contributed by atoms with Gasteiger partial charge in [-0.2, -0.15) is 0 Å². The first-order valence-corrected chi connectivity index (χ1v) is 8.22. The van der Waals surface area contributed by atoms with Gasteiger partial charge in [0.15, 0.2) is 0 Å². The Balaban J connectivity index is 1.90. The van der Waals surface area contributed by atoms with E-state index in [1.165, 1.54) is 13.2 Å². The first-order chi connectivity index (χ1) is 11.4. The molecule has 1 aromatic carbocycles. The number of hydrogen-bond donors (Lipinski definition) is 0. The highest BCUT2D eigenvalue weighted by molar-refractivity contribution is 6.42. The van der Waals surface area contributed by atoms with E-state index in [-0.39, 0.29) is 11.8 Å². The number of carbonyl (C=O) groups is 3. The topological polar surface area (TPSA) is 63.7 Å². The van der Waals surface area contributed by atoms with Gasteiger partial charge < -0.3 is 9.64 Å². The maximum absolute atomic E-state index is 12.2. The number of carbonyl (C=O) groups excluding carboxylic acids is 3. The van der Waals surface area contributed by atoms with Crippen molar-refractivity contribution >= 4 is 46.9 Å². The van der Waals surface area contributed by atoms with Crippen LogP contribution in [0.15, 0.2) is 24.3 Å². The second-order valence-electron chi connectivity index (χ2n) is 5.46. The average Bonchev–Trinajstić information content (AvgIpc) is 2.61. The van der Waals surface area contributed by atoms with Crippen molar-refractivity contribution in [1.82, 2.24) is 4.90 Å². The predicted octanol–water partition coefficient (Wildman–Crippen LogP) is 2.99. The molecule has 2 rings (SSSR count). The zero-order valence-corrected chi connectivity index (χ0v) is 14.6. The summed E-state index contributed by atoms with van der Waals surface area (Å²) in [5.74, 6) is -1.86. The van der Waals surface area contributed by atoms with Gasteiger partial charge in [0.25, 0.3) is 0 Å². The van der Waals surface area contributed by atoms with Gasteiger partial charge in [-0.25, -0.2) is 4.79 Å². The van der Waals surface area contributed by atoms with Crippen LogP contribution in [0.1, 0.15) is 18.4 Å². The van der Waals surface area contributed by atoms with Gasteiger partial charge in [0.1, 0.15) is 0 Å². The minimum absolute atomic E-state index is 0.148. The number of amides is 1. The van der Waals surface area contributed by atoms with E-state index in [1.807, 2.05) is 0 Å². The van der Waals surface area contributed by atoms with Crippen molar-refractivity contribution in [3.05, 3.63) is 39.9 Å². The summed E-state index contributed by atoms with van der Waals surface area (Å²) < 4.78 is 4.44. The molecule has 1 fully saturated rings. The molecular weight excluding hydrogens is 353 g/mol. The summed E-state index contributed by atoms with van der Waals surface area (Å²) in [5.41, 5.74) is 0.772. The number of ketones is 1. The minimum Gasteiger partial charge on any atom is -0.463 e. The molecule has 0 aliphatic carbocycles. The number of likely N-dealkylation sites (tertiary alicyclic amines) is 1. The Kier molecular flexibility index (Phi) is 6.40. The lowest BCUT2D eigenvalue weighted by atomic mass is 9.92. The van der Waals surface area contributed by atoms with E-state index in [2.05, 4.69) is 4.74 Å². The van der Waals surface area contributed by atoms with Crippen LogP contribution in [0.2, 0.25) is 10.0 Å². The fourth-order valence-electron chi connectivity index (χ4n) is 2.52. The van der Waals surface area contributed by atoms with Crippen LogP contribution in [0.3, 0.4) is 0 Å². The molecule has 1 aliphatic heterocycles. The summed E-state index contributed by atoms with van der Waals surface area (Å²) >= 11 is 11.8. The minimum atomic E-state index is -0.820. The van der Waals surface area contributed by atoms with Gasteiger partial charge in [-0.3, -0.25) is 9.59 Å². The highest BCUT2D eigenvalue weighted by Crippen LogP contribution is 2.23. The lowest BCUT2D eigenvalue weighted by Crippen LogP contribution is -2.41. The van der Waals surface area contributed by atoms with E-state index >= 15 is 0 Å². The van der Waals surface area contributed by atoms with Crippen molar-refractivity contribution in [3.8, 4) is 0 Å². The second kappa shape index (κ2) is 8.31. The number of benzene rings is 1. The summed E-state index contributed by atoms with van der Waals surface area (Å²) in [6, 6.07) is 5.10. The third kappa shape index (κ3) is 4.58. The molecule has 0 unspecified atom stereocenters. The molecule has 24 heavy (non-hydrogen) atoms. The van der Waals surface area contributed by atoms with Gasteiger partial charge in [-0.15, -0.1) is 0 Å². The monoisotopic (exact) mass is 369 g/mol. The first kappa shape index (κ1) is 18.5. The third-order valence-electron chi connectivity index (χ3n) is 3.93. The highest BCUT2D eigenvalue weighted by atomic mass is 35.5. The molecule has 0 atom stereocenters. The molecule has 0 spiro atoms. The van der Waals surface area contributed by atoms with Gasteiger partial charge in [0.05, 0.1) is 17.2 Å². The molecule has 1 saturated heterocycles. The van der Waals surface area contributed by atoms with Crippen molar-refractivity contribution in [2.24, 2.45) is 5.92 Å². The van der Waals surface area contributed by atoms with Crippen LogP contribution in [0.25, 0.3) is 6.08 Å². The predicted molar refractivity (Wildman–Crippen MR) is 91.8 cm³/mol. The Bertz CT molecular complexity index is 679. The summed E-state index contributed by atoms with van der Waals surface area (Å²) in [6.07, 6.45) is 4.04. The highest BCUT2D eigenvalue weighted by Gasteiger charge is 2.30. The smallest absolute Gasteiger partial charge is 0.374 e. The molecule has 1 aromatic rings. The van der Waals surface area contributed by atoms with Gasteiger partial charge >= 0.3 is 5.97 Å². The number of piperidine rings is 1.